The third-order valence-corrected chi connectivity index (χ3v) is 12.6. The molecular weight excluding hydrogens is 748 g/mol. The third kappa shape index (κ3) is 9.93. The molecule has 12 unspecified atom stereocenters. The fraction of sp³-hybridized carbons (Fsp3) is 0.919. The number of rotatable bonds is 11. The molecule has 22 atom stereocenters. The first-order chi connectivity index (χ1) is 26.7. The molecule has 0 bridgehead atoms. The zero-order valence-corrected chi connectivity index (χ0v) is 31.3. The monoisotopic (exact) mass is 808 g/mol. The molecule has 322 valence electrons. The molecular formula is C37H60O19. The highest BCUT2D eigenvalue weighted by molar-refractivity contribution is 5.81. The molecule has 19 nitrogen and oxygen atoms in total. The lowest BCUT2D eigenvalue weighted by Gasteiger charge is -2.51. The van der Waals surface area contributed by atoms with Crippen molar-refractivity contribution in [3.05, 3.63) is 12.2 Å². The Morgan fingerprint density at radius 2 is 1.27 bits per heavy atom. The summed E-state index contributed by atoms with van der Waals surface area (Å²) < 4.78 is 40.8. The van der Waals surface area contributed by atoms with Crippen LogP contribution in [0.15, 0.2) is 12.2 Å². The lowest BCUT2D eigenvalue weighted by molar-refractivity contribution is -0.333. The van der Waals surface area contributed by atoms with Gasteiger partial charge in [0.1, 0.15) is 55.4 Å². The average Bonchev–Trinajstić information content (AvgIpc) is 3.18. The number of fused-ring (bicyclic) bond motifs is 1. The summed E-state index contributed by atoms with van der Waals surface area (Å²) in [7, 11) is 1.51. The SMILES string of the molecule is COC1CC(C2OC3CC(O)CC(O)C3CC2O[C@@H]2O[C@H](COC(=O)C=CC3CCC(O)C(O[C@@H]4O[C@H](CO)[C@@H](O)[C@H](O)[C@H]4O)C3)[C@@H](O)[C@H](O)[C@H]2O)CCC1O. The second-order valence-corrected chi connectivity index (χ2v) is 16.3. The summed E-state index contributed by atoms with van der Waals surface area (Å²) in [6.45, 7) is -1.17. The first kappa shape index (κ1) is 44.1. The molecule has 11 N–H and O–H groups in total. The summed E-state index contributed by atoms with van der Waals surface area (Å²) in [6.07, 6.45) is -15.9. The number of methoxy groups -OCH3 is 1. The van der Waals surface area contributed by atoms with Crippen molar-refractivity contribution in [3.8, 4) is 0 Å². The Hall–Kier alpha value is -1.47. The minimum atomic E-state index is -1.74. The van der Waals surface area contributed by atoms with Crippen LogP contribution >= 0.6 is 0 Å². The van der Waals surface area contributed by atoms with Crippen molar-refractivity contribution in [1.29, 1.82) is 0 Å². The summed E-state index contributed by atoms with van der Waals surface area (Å²) in [4.78, 5) is 12.8. The highest BCUT2D eigenvalue weighted by atomic mass is 16.7. The molecule has 0 radical (unpaired) electrons. The molecule has 19 heteroatoms. The van der Waals surface area contributed by atoms with Gasteiger partial charge in [0.25, 0.3) is 0 Å². The predicted molar refractivity (Wildman–Crippen MR) is 186 cm³/mol. The number of aliphatic hydroxyl groups excluding tert-OH is 11. The lowest BCUT2D eigenvalue weighted by Crippen LogP contribution is -2.62. The van der Waals surface area contributed by atoms with Crippen molar-refractivity contribution in [2.45, 2.75) is 174 Å². The van der Waals surface area contributed by atoms with Gasteiger partial charge in [0.05, 0.1) is 61.5 Å². The van der Waals surface area contributed by atoms with E-state index < -0.39 is 141 Å². The fourth-order valence-corrected chi connectivity index (χ4v) is 9.22. The molecule has 0 aromatic rings. The Morgan fingerprint density at radius 1 is 0.643 bits per heavy atom. The van der Waals surface area contributed by atoms with Crippen LogP contribution < -0.4 is 0 Å². The van der Waals surface area contributed by atoms with Crippen LogP contribution in [0.5, 0.6) is 0 Å². The molecule has 0 amide bonds. The maximum absolute atomic E-state index is 12.8. The molecule has 3 heterocycles. The van der Waals surface area contributed by atoms with Crippen LogP contribution in [0.2, 0.25) is 0 Å². The summed E-state index contributed by atoms with van der Waals surface area (Å²) >= 11 is 0. The maximum atomic E-state index is 12.8. The van der Waals surface area contributed by atoms with E-state index in [1.54, 1.807) is 6.08 Å². The number of aliphatic hydroxyl groups is 11. The average molecular weight is 809 g/mol. The molecule has 0 aromatic heterocycles. The van der Waals surface area contributed by atoms with Crippen molar-refractivity contribution in [2.24, 2.45) is 17.8 Å². The summed E-state index contributed by atoms with van der Waals surface area (Å²) in [6, 6.07) is 0. The van der Waals surface area contributed by atoms with E-state index in [0.717, 1.165) is 6.08 Å². The molecule has 3 saturated heterocycles. The number of hydrogen-bond donors (Lipinski definition) is 11. The van der Waals surface area contributed by atoms with Crippen LogP contribution in [0.1, 0.15) is 57.8 Å². The standard InChI is InChI=1S/C37H60O19/c1-50-23-9-16(4-6-19(23)40)35-25(12-18-21(42)10-17(39)11-22(18)52-35)54-37-34(49)32(47)30(45)27(56-37)14-51-28(43)7-3-15-2-5-20(41)24(8-15)53-36-33(48)31(46)29(44)26(13-38)55-36/h3,7,15-27,29-42,44-49H,2,4-6,8-14H2,1H3/t15?,16?,17?,18?,19?,20?,21?,22?,23?,24?,25?,26-,27-,29-,30-,31+,32+,33-,34-,35?,36-,37-/m1/s1. The van der Waals surface area contributed by atoms with Gasteiger partial charge in [-0.05, 0) is 69.6 Å². The number of hydrogen-bond acceptors (Lipinski definition) is 19. The van der Waals surface area contributed by atoms with Gasteiger partial charge in [-0.2, -0.15) is 0 Å². The van der Waals surface area contributed by atoms with E-state index in [1.165, 1.54) is 7.11 Å². The Labute approximate surface area is 324 Å². The van der Waals surface area contributed by atoms with Crippen molar-refractivity contribution in [1.82, 2.24) is 0 Å². The lowest BCUT2D eigenvalue weighted by atomic mass is 9.72. The van der Waals surface area contributed by atoms with E-state index in [9.17, 15) is 61.0 Å². The highest BCUT2D eigenvalue weighted by Crippen LogP contribution is 2.44. The van der Waals surface area contributed by atoms with Crippen molar-refractivity contribution < 1.29 is 94.1 Å². The maximum Gasteiger partial charge on any atom is 0.330 e. The van der Waals surface area contributed by atoms with E-state index in [0.29, 0.717) is 32.1 Å². The molecule has 6 rings (SSSR count). The zero-order valence-electron chi connectivity index (χ0n) is 31.3. The molecule has 3 saturated carbocycles. The number of ether oxygens (including phenoxy) is 7. The van der Waals surface area contributed by atoms with Crippen LogP contribution in [0.4, 0.5) is 0 Å². The van der Waals surface area contributed by atoms with E-state index in [-0.39, 0.29) is 37.5 Å². The quantitative estimate of drug-likeness (QED) is 0.0702. The number of esters is 1. The first-order valence-corrected chi connectivity index (χ1v) is 19.8. The predicted octanol–water partition coefficient (Wildman–Crippen LogP) is -3.91. The largest absolute Gasteiger partial charge is 0.460 e. The third-order valence-electron chi connectivity index (χ3n) is 12.6. The topological polar surface area (TPSA) is 304 Å². The fourth-order valence-electron chi connectivity index (χ4n) is 9.22. The minimum Gasteiger partial charge on any atom is -0.460 e. The van der Waals surface area contributed by atoms with Crippen molar-refractivity contribution >= 4 is 5.97 Å². The minimum absolute atomic E-state index is 0.160. The van der Waals surface area contributed by atoms with E-state index in [2.05, 4.69) is 0 Å². The van der Waals surface area contributed by atoms with Crippen molar-refractivity contribution in [2.75, 3.05) is 20.3 Å². The van der Waals surface area contributed by atoms with Crippen molar-refractivity contribution in [3.63, 3.8) is 0 Å². The second kappa shape index (κ2) is 19.3. The summed E-state index contributed by atoms with van der Waals surface area (Å²) in [5.74, 6) is -1.67. The summed E-state index contributed by atoms with van der Waals surface area (Å²) in [5.41, 5.74) is 0. The van der Waals surface area contributed by atoms with Gasteiger partial charge >= 0.3 is 5.97 Å². The molecule has 0 aromatic carbocycles. The highest BCUT2D eigenvalue weighted by Gasteiger charge is 2.52. The van der Waals surface area contributed by atoms with E-state index >= 15 is 0 Å². The van der Waals surface area contributed by atoms with Crippen LogP contribution in [0.3, 0.4) is 0 Å². The van der Waals surface area contributed by atoms with E-state index in [4.69, 9.17) is 33.2 Å². The van der Waals surface area contributed by atoms with E-state index in [1.807, 2.05) is 0 Å². The number of carbonyl (C=O) groups excluding carboxylic acids is 1. The molecule has 3 aliphatic heterocycles. The van der Waals surface area contributed by atoms with Gasteiger partial charge in [-0.3, -0.25) is 0 Å². The van der Waals surface area contributed by atoms with Gasteiger partial charge in [0.2, 0.25) is 0 Å². The Bertz CT molecular complexity index is 1290. The smallest absolute Gasteiger partial charge is 0.330 e. The van der Waals surface area contributed by atoms with Crippen LogP contribution in [0, 0.1) is 17.8 Å². The first-order valence-electron chi connectivity index (χ1n) is 19.8. The number of carbonyl (C=O) groups is 1. The van der Waals surface area contributed by atoms with Crippen LogP contribution in [-0.2, 0) is 38.0 Å². The second-order valence-electron chi connectivity index (χ2n) is 16.3. The molecule has 6 fully saturated rings. The van der Waals surface area contributed by atoms with Crippen LogP contribution in [-0.4, -0.2) is 199 Å². The van der Waals surface area contributed by atoms with Gasteiger partial charge in [0, 0.05) is 19.1 Å². The molecule has 56 heavy (non-hydrogen) atoms. The van der Waals surface area contributed by atoms with Gasteiger partial charge in [0.15, 0.2) is 12.6 Å². The van der Waals surface area contributed by atoms with Gasteiger partial charge in [-0.15, -0.1) is 0 Å². The molecule has 0 spiro atoms. The zero-order chi connectivity index (χ0) is 40.4. The Balaban J connectivity index is 1.05. The van der Waals surface area contributed by atoms with Gasteiger partial charge in [-0.1, -0.05) is 6.08 Å². The Kier molecular flexibility index (Phi) is 15.2. The summed E-state index contributed by atoms with van der Waals surface area (Å²) in [5, 5.41) is 115. The van der Waals surface area contributed by atoms with Crippen LogP contribution in [0.25, 0.3) is 0 Å². The normalized spacial score (nSPS) is 50.4. The number of allylic oxidation sites excluding steroid dienone is 1. The van der Waals surface area contributed by atoms with Gasteiger partial charge in [-0.25, -0.2) is 4.79 Å². The Morgan fingerprint density at radius 3 is 1.95 bits per heavy atom. The molecule has 6 aliphatic rings. The molecule has 3 aliphatic carbocycles. The van der Waals surface area contributed by atoms with Gasteiger partial charge < -0.3 is 89.3 Å².